The molecule has 5 heterocycles. The second-order valence-electron chi connectivity index (χ2n) is 13.4. The number of halogens is 6. The van der Waals surface area contributed by atoms with Crippen molar-refractivity contribution in [1.29, 1.82) is 0 Å². The van der Waals surface area contributed by atoms with Crippen LogP contribution < -0.4 is 20.1 Å². The van der Waals surface area contributed by atoms with E-state index in [2.05, 4.69) is 14.9 Å². The highest BCUT2D eigenvalue weighted by atomic mass is 35.5. The van der Waals surface area contributed by atoms with Crippen molar-refractivity contribution in [2.24, 2.45) is 0 Å². The average Bonchev–Trinajstić information content (AvgIpc) is 3.52. The summed E-state index contributed by atoms with van der Waals surface area (Å²) in [6, 6.07) is 0.933. The number of pyridine rings is 1. The van der Waals surface area contributed by atoms with E-state index in [0.29, 0.717) is 31.6 Å². The first-order valence-corrected chi connectivity index (χ1v) is 15.7. The van der Waals surface area contributed by atoms with Gasteiger partial charge < -0.3 is 20.1 Å². The molecule has 2 atom stereocenters. The van der Waals surface area contributed by atoms with E-state index in [9.17, 15) is 17.6 Å². The highest BCUT2D eigenvalue weighted by molar-refractivity contribution is 6.36. The summed E-state index contributed by atoms with van der Waals surface area (Å²) < 4.78 is 87.6. The van der Waals surface area contributed by atoms with E-state index < -0.39 is 51.7 Å². The molecule has 2 aliphatic carbocycles. The second-order valence-corrected chi connectivity index (χ2v) is 13.8. The molecule has 0 amide bonds. The maximum Gasteiger partial charge on any atom is 0.418 e. The Bertz CT molecular complexity index is 1760. The summed E-state index contributed by atoms with van der Waals surface area (Å²) in [5.74, 6) is -0.999. The second kappa shape index (κ2) is 9.43. The fraction of sp³-hybridized carbons (Fsp3) is 0.581. The maximum atomic E-state index is 16.9. The Morgan fingerprint density at radius 1 is 1.13 bits per heavy atom. The zero-order valence-electron chi connectivity index (χ0n) is 24.8. The molecule has 2 spiro atoms. The van der Waals surface area contributed by atoms with Crippen LogP contribution in [0.4, 0.5) is 33.6 Å². The molecular formula is C31H32ClF5N6O2. The zero-order valence-corrected chi connectivity index (χ0v) is 25.6. The SMILES string of the molecule is Cc1cc(N)nc(-c2c(Cl)c3c4c(nc(OC[C@@]56CCCN5C[C@H](F)C6)nc4c2F)N(C)C2(CCC2)C2(CC2)O3)c1C(F)(F)F. The number of nitrogen functional groups attached to an aromatic ring is 1. The number of rotatable bonds is 4. The van der Waals surface area contributed by atoms with Crippen molar-refractivity contribution < 1.29 is 31.4 Å². The quantitative estimate of drug-likeness (QED) is 0.315. The number of fused-ring (bicyclic) bond motifs is 2. The Morgan fingerprint density at radius 2 is 1.89 bits per heavy atom. The lowest BCUT2D eigenvalue weighted by Gasteiger charge is -2.52. The Morgan fingerprint density at radius 3 is 2.56 bits per heavy atom. The van der Waals surface area contributed by atoms with Gasteiger partial charge in [0, 0.05) is 20.0 Å². The van der Waals surface area contributed by atoms with Crippen molar-refractivity contribution in [3.8, 4) is 23.0 Å². The summed E-state index contributed by atoms with van der Waals surface area (Å²) in [6.07, 6.45) is -0.00269. The van der Waals surface area contributed by atoms with E-state index in [1.807, 2.05) is 11.9 Å². The van der Waals surface area contributed by atoms with Crippen LogP contribution in [0.15, 0.2) is 6.07 Å². The molecule has 2 saturated heterocycles. The number of nitrogens with two attached hydrogens (primary N) is 1. The van der Waals surface area contributed by atoms with Crippen LogP contribution in [0.3, 0.4) is 0 Å². The number of benzene rings is 1. The molecule has 0 bridgehead atoms. The third-order valence-electron chi connectivity index (χ3n) is 10.9. The molecule has 3 aromatic rings. The maximum absolute atomic E-state index is 16.9. The van der Waals surface area contributed by atoms with Gasteiger partial charge in [-0.05, 0) is 70.0 Å². The molecule has 5 aliphatic rings. The number of ether oxygens (including phenoxy) is 2. The zero-order chi connectivity index (χ0) is 31.7. The number of likely N-dealkylation sites (N-methyl/N-ethyl adjacent to an activating group) is 1. The minimum Gasteiger partial charge on any atom is -0.482 e. The van der Waals surface area contributed by atoms with E-state index in [1.165, 1.54) is 6.92 Å². The lowest BCUT2D eigenvalue weighted by atomic mass is 9.69. The molecule has 4 fully saturated rings. The molecule has 14 heteroatoms. The van der Waals surface area contributed by atoms with Gasteiger partial charge in [-0.2, -0.15) is 23.1 Å². The van der Waals surface area contributed by atoms with E-state index in [0.717, 1.165) is 44.7 Å². The van der Waals surface area contributed by atoms with E-state index in [4.69, 9.17) is 31.8 Å². The van der Waals surface area contributed by atoms with Crippen LogP contribution >= 0.6 is 11.6 Å². The van der Waals surface area contributed by atoms with Crippen molar-refractivity contribution >= 4 is 34.1 Å². The van der Waals surface area contributed by atoms with Gasteiger partial charge in [-0.15, -0.1) is 0 Å². The molecule has 240 valence electrons. The predicted molar refractivity (Wildman–Crippen MR) is 158 cm³/mol. The monoisotopic (exact) mass is 650 g/mol. The van der Waals surface area contributed by atoms with Gasteiger partial charge in [-0.3, -0.25) is 4.90 Å². The van der Waals surface area contributed by atoms with Crippen LogP contribution in [0.5, 0.6) is 11.8 Å². The summed E-state index contributed by atoms with van der Waals surface area (Å²) in [4.78, 5) is 17.2. The van der Waals surface area contributed by atoms with E-state index in [1.54, 1.807) is 0 Å². The number of aromatic nitrogens is 3. The standard InChI is InChI=1S/C31H32ClF5N6O2/c1-15-11-17(38)39-23(20(15)31(35,36)37)18-21(32)25-19-24(22(18)34)40-27(44-14-28-5-4-10-43(28)13-16(33)12-28)41-26(19)42(2)29(6-3-7-29)30(45-25)8-9-30/h11,16H,3-10,12-14H2,1-2H3,(H2,38,39)/t16-,28+/m1/s1. The highest BCUT2D eigenvalue weighted by Gasteiger charge is 2.68. The minimum atomic E-state index is -4.89. The number of hydrogen-bond donors (Lipinski definition) is 1. The number of anilines is 2. The van der Waals surface area contributed by atoms with E-state index in [-0.39, 0.29) is 45.7 Å². The van der Waals surface area contributed by atoms with Gasteiger partial charge in [0.25, 0.3) is 0 Å². The minimum absolute atomic E-state index is 0.0179. The van der Waals surface area contributed by atoms with Crippen molar-refractivity contribution in [3.63, 3.8) is 0 Å². The average molecular weight is 651 g/mol. The van der Waals surface area contributed by atoms with Crippen LogP contribution in [0.25, 0.3) is 22.2 Å². The largest absolute Gasteiger partial charge is 0.482 e. The van der Waals surface area contributed by atoms with Crippen molar-refractivity contribution in [2.75, 3.05) is 37.4 Å². The first kappa shape index (κ1) is 29.2. The molecule has 8 rings (SSSR count). The number of hydrogen-bond acceptors (Lipinski definition) is 8. The van der Waals surface area contributed by atoms with Gasteiger partial charge in [0.05, 0.1) is 38.3 Å². The molecule has 0 unspecified atom stereocenters. The van der Waals surface area contributed by atoms with Crippen LogP contribution in [0.1, 0.15) is 62.5 Å². The Balaban J connectivity index is 1.36. The molecule has 45 heavy (non-hydrogen) atoms. The normalized spacial score (nSPS) is 26.2. The lowest BCUT2D eigenvalue weighted by molar-refractivity contribution is -0.137. The van der Waals surface area contributed by atoms with Gasteiger partial charge in [-0.25, -0.2) is 13.8 Å². The highest BCUT2D eigenvalue weighted by Crippen LogP contribution is 2.64. The van der Waals surface area contributed by atoms with E-state index >= 15 is 4.39 Å². The van der Waals surface area contributed by atoms with Crippen LogP contribution in [-0.2, 0) is 6.18 Å². The van der Waals surface area contributed by atoms with Crippen LogP contribution in [-0.4, -0.2) is 69.4 Å². The van der Waals surface area contributed by atoms with Crippen LogP contribution in [0, 0.1) is 12.7 Å². The smallest absolute Gasteiger partial charge is 0.418 e. The molecule has 3 aliphatic heterocycles. The summed E-state index contributed by atoms with van der Waals surface area (Å²) in [6.45, 7) is 2.41. The number of alkyl halides is 4. The third-order valence-corrected chi connectivity index (χ3v) is 11.3. The fourth-order valence-corrected chi connectivity index (χ4v) is 8.82. The first-order chi connectivity index (χ1) is 21.3. The molecule has 2 saturated carbocycles. The predicted octanol–water partition coefficient (Wildman–Crippen LogP) is 6.63. The Hall–Kier alpha value is -3.19. The summed E-state index contributed by atoms with van der Waals surface area (Å²) in [5.41, 5.74) is 1.21. The van der Waals surface area contributed by atoms with Crippen molar-refractivity contribution in [3.05, 3.63) is 28.0 Å². The van der Waals surface area contributed by atoms with Gasteiger partial charge in [0.1, 0.15) is 35.5 Å². The molecule has 2 N–H and O–H groups in total. The first-order valence-electron chi connectivity index (χ1n) is 15.3. The number of nitrogens with zero attached hydrogens (tertiary/aromatic N) is 5. The molecule has 0 radical (unpaired) electrons. The summed E-state index contributed by atoms with van der Waals surface area (Å²) in [7, 11) is 1.87. The molecular weight excluding hydrogens is 619 g/mol. The van der Waals surface area contributed by atoms with Crippen molar-refractivity contribution in [2.45, 2.75) is 87.3 Å². The third kappa shape index (κ3) is 4.01. The fourth-order valence-electron chi connectivity index (χ4n) is 8.51. The Labute approximate surface area is 261 Å². The molecule has 1 aromatic carbocycles. The topological polar surface area (TPSA) is 89.6 Å². The Kier molecular flexibility index (Phi) is 6.13. The van der Waals surface area contributed by atoms with Gasteiger partial charge in [-0.1, -0.05) is 11.6 Å². The van der Waals surface area contributed by atoms with Gasteiger partial charge in [0.2, 0.25) is 0 Å². The molecule has 2 aromatic heterocycles. The summed E-state index contributed by atoms with van der Waals surface area (Å²) >= 11 is 6.89. The van der Waals surface area contributed by atoms with Crippen molar-refractivity contribution in [1.82, 2.24) is 19.9 Å². The summed E-state index contributed by atoms with van der Waals surface area (Å²) in [5, 5.41) is -0.191. The molecule has 8 nitrogen and oxygen atoms in total. The van der Waals surface area contributed by atoms with Gasteiger partial charge >= 0.3 is 12.2 Å². The van der Waals surface area contributed by atoms with Gasteiger partial charge in [0.15, 0.2) is 11.6 Å². The number of aryl methyl sites for hydroxylation is 1. The lowest BCUT2D eigenvalue weighted by Crippen LogP contribution is -2.63. The van der Waals surface area contributed by atoms with Crippen LogP contribution in [0.2, 0.25) is 5.02 Å².